The van der Waals surface area contributed by atoms with Gasteiger partial charge in [-0.15, -0.1) is 0 Å². The first-order valence-corrected chi connectivity index (χ1v) is 3.12. The molecule has 2 nitrogen and oxygen atoms in total. The van der Waals surface area contributed by atoms with Gasteiger partial charge in [-0.05, 0) is 17.8 Å². The summed E-state index contributed by atoms with van der Waals surface area (Å²) in [5.74, 6) is 2.05. The summed E-state index contributed by atoms with van der Waals surface area (Å²) in [4.78, 5) is 0. The molecule has 2 rings (SSSR count). The molecule has 1 saturated heterocycles. The van der Waals surface area contributed by atoms with Crippen LogP contribution in [-0.2, 0) is 4.74 Å². The predicted octanol–water partition coefficient (Wildman–Crippen LogP) is -0.129. The second-order valence-electron chi connectivity index (χ2n) is 2.71. The zero-order chi connectivity index (χ0) is 5.56. The van der Waals surface area contributed by atoms with E-state index in [9.17, 15) is 0 Å². The molecule has 8 heavy (non-hydrogen) atoms. The Balaban J connectivity index is 1.94. The second-order valence-corrected chi connectivity index (χ2v) is 2.71. The van der Waals surface area contributed by atoms with Crippen LogP contribution in [0.15, 0.2) is 0 Å². The summed E-state index contributed by atoms with van der Waals surface area (Å²) in [6.45, 7) is 2.17. The van der Waals surface area contributed by atoms with E-state index in [1.54, 1.807) is 0 Å². The van der Waals surface area contributed by atoms with E-state index in [4.69, 9.17) is 9.84 Å². The molecule has 1 heterocycles. The van der Waals surface area contributed by atoms with Gasteiger partial charge in [-0.1, -0.05) is 0 Å². The summed E-state index contributed by atoms with van der Waals surface area (Å²) in [5.41, 5.74) is 0. The highest BCUT2D eigenvalue weighted by molar-refractivity contribution is 4.99. The van der Waals surface area contributed by atoms with E-state index in [0.29, 0.717) is 12.5 Å². The number of ether oxygens (including phenoxy) is 1. The van der Waals surface area contributed by atoms with Gasteiger partial charge in [0.05, 0.1) is 13.2 Å². The van der Waals surface area contributed by atoms with Crippen molar-refractivity contribution in [2.45, 2.75) is 0 Å². The maximum Gasteiger partial charge on any atom is 0.0501 e. The van der Waals surface area contributed by atoms with Crippen molar-refractivity contribution < 1.29 is 9.84 Å². The van der Waals surface area contributed by atoms with Crippen molar-refractivity contribution in [3.8, 4) is 0 Å². The van der Waals surface area contributed by atoms with Gasteiger partial charge in [0.2, 0.25) is 0 Å². The SMILES string of the molecule is OC[C@H]1[C@H]2COC[C@@H]12. The van der Waals surface area contributed by atoms with Crippen LogP contribution < -0.4 is 0 Å². The molecule has 0 spiro atoms. The molecular formula is C6H10O2. The second kappa shape index (κ2) is 1.45. The van der Waals surface area contributed by atoms with Gasteiger partial charge in [0, 0.05) is 6.61 Å². The Bertz CT molecular complexity index is 85.9. The minimum absolute atomic E-state index is 0.374. The molecule has 2 aliphatic rings. The van der Waals surface area contributed by atoms with Gasteiger partial charge in [-0.25, -0.2) is 0 Å². The van der Waals surface area contributed by atoms with Crippen molar-refractivity contribution in [1.82, 2.24) is 0 Å². The van der Waals surface area contributed by atoms with Crippen molar-refractivity contribution in [3.05, 3.63) is 0 Å². The van der Waals surface area contributed by atoms with Crippen LogP contribution in [0.5, 0.6) is 0 Å². The maximum atomic E-state index is 8.66. The number of fused-ring (bicyclic) bond motifs is 1. The molecule has 0 aromatic carbocycles. The zero-order valence-electron chi connectivity index (χ0n) is 4.71. The lowest BCUT2D eigenvalue weighted by Gasteiger charge is -1.96. The normalized spacial score (nSPS) is 51.4. The molecule has 2 fully saturated rings. The van der Waals surface area contributed by atoms with E-state index in [2.05, 4.69) is 0 Å². The third-order valence-corrected chi connectivity index (χ3v) is 2.34. The Kier molecular flexibility index (Phi) is 0.866. The largest absolute Gasteiger partial charge is 0.396 e. The molecule has 0 unspecified atom stereocenters. The molecule has 0 radical (unpaired) electrons. The first-order chi connectivity index (χ1) is 3.93. The third-order valence-electron chi connectivity index (χ3n) is 2.34. The van der Waals surface area contributed by atoms with Crippen molar-refractivity contribution >= 4 is 0 Å². The third kappa shape index (κ3) is 0.446. The highest BCUT2D eigenvalue weighted by Crippen LogP contribution is 2.49. The van der Waals surface area contributed by atoms with Crippen LogP contribution in [0, 0.1) is 17.8 Å². The highest BCUT2D eigenvalue weighted by Gasteiger charge is 2.53. The maximum absolute atomic E-state index is 8.66. The predicted molar refractivity (Wildman–Crippen MR) is 28.4 cm³/mol. The van der Waals surface area contributed by atoms with E-state index in [0.717, 1.165) is 25.0 Å². The number of hydrogen-bond acceptors (Lipinski definition) is 2. The van der Waals surface area contributed by atoms with Crippen molar-refractivity contribution in [3.63, 3.8) is 0 Å². The average molecular weight is 114 g/mol. The van der Waals surface area contributed by atoms with Gasteiger partial charge in [0.25, 0.3) is 0 Å². The average Bonchev–Trinajstić information content (AvgIpc) is 2.22. The Morgan fingerprint density at radius 3 is 2.38 bits per heavy atom. The molecule has 1 aliphatic carbocycles. The fraction of sp³-hybridized carbons (Fsp3) is 1.00. The fourth-order valence-electron chi connectivity index (χ4n) is 1.63. The van der Waals surface area contributed by atoms with E-state index >= 15 is 0 Å². The lowest BCUT2D eigenvalue weighted by atomic mass is 10.3. The lowest BCUT2D eigenvalue weighted by molar-refractivity contribution is 0.133. The fourth-order valence-corrected chi connectivity index (χ4v) is 1.63. The molecule has 3 atom stereocenters. The van der Waals surface area contributed by atoms with Crippen LogP contribution in [0.3, 0.4) is 0 Å². The van der Waals surface area contributed by atoms with E-state index in [1.807, 2.05) is 0 Å². The van der Waals surface area contributed by atoms with Crippen LogP contribution >= 0.6 is 0 Å². The Morgan fingerprint density at radius 1 is 1.38 bits per heavy atom. The minimum atomic E-state index is 0.374. The van der Waals surface area contributed by atoms with Crippen molar-refractivity contribution in [1.29, 1.82) is 0 Å². The molecule has 0 bridgehead atoms. The molecule has 0 aromatic rings. The first-order valence-electron chi connectivity index (χ1n) is 3.12. The van der Waals surface area contributed by atoms with Crippen molar-refractivity contribution in [2.24, 2.45) is 17.8 Å². The topological polar surface area (TPSA) is 29.5 Å². The number of hydrogen-bond donors (Lipinski definition) is 1. The van der Waals surface area contributed by atoms with Crippen LogP contribution in [0.2, 0.25) is 0 Å². The quantitative estimate of drug-likeness (QED) is 0.514. The van der Waals surface area contributed by atoms with E-state index in [-0.39, 0.29) is 0 Å². The Morgan fingerprint density at radius 2 is 2.00 bits per heavy atom. The van der Waals surface area contributed by atoms with Crippen LogP contribution in [-0.4, -0.2) is 24.9 Å². The monoisotopic (exact) mass is 114 g/mol. The molecule has 2 heteroatoms. The molecule has 0 aromatic heterocycles. The summed E-state index contributed by atoms with van der Waals surface area (Å²) >= 11 is 0. The van der Waals surface area contributed by atoms with E-state index < -0.39 is 0 Å². The van der Waals surface area contributed by atoms with Crippen molar-refractivity contribution in [2.75, 3.05) is 19.8 Å². The molecule has 1 saturated carbocycles. The summed E-state index contributed by atoms with van der Waals surface area (Å²) in [6.07, 6.45) is 0. The van der Waals surface area contributed by atoms with Gasteiger partial charge in [-0.3, -0.25) is 0 Å². The molecule has 1 aliphatic heterocycles. The number of aliphatic hydroxyl groups excluding tert-OH is 1. The Labute approximate surface area is 48.5 Å². The molecular weight excluding hydrogens is 104 g/mol. The zero-order valence-corrected chi connectivity index (χ0v) is 4.71. The molecule has 0 amide bonds. The minimum Gasteiger partial charge on any atom is -0.396 e. The van der Waals surface area contributed by atoms with E-state index in [1.165, 1.54) is 0 Å². The molecule has 46 valence electrons. The van der Waals surface area contributed by atoms with Gasteiger partial charge < -0.3 is 9.84 Å². The van der Waals surface area contributed by atoms with Gasteiger partial charge in [0.1, 0.15) is 0 Å². The van der Waals surface area contributed by atoms with Gasteiger partial charge in [-0.2, -0.15) is 0 Å². The summed E-state index contributed by atoms with van der Waals surface area (Å²) < 4.78 is 5.13. The standard InChI is InChI=1S/C6H10O2/c7-1-4-5-2-8-3-6(4)5/h4-7H,1-3H2/t4-,5+,6-. The van der Waals surface area contributed by atoms with Crippen LogP contribution in [0.1, 0.15) is 0 Å². The van der Waals surface area contributed by atoms with Crippen LogP contribution in [0.25, 0.3) is 0 Å². The summed E-state index contributed by atoms with van der Waals surface area (Å²) in [7, 11) is 0. The number of aliphatic hydroxyl groups is 1. The highest BCUT2D eigenvalue weighted by atomic mass is 16.5. The smallest absolute Gasteiger partial charge is 0.0501 e. The van der Waals surface area contributed by atoms with Crippen LogP contribution in [0.4, 0.5) is 0 Å². The Hall–Kier alpha value is -0.0800. The summed E-state index contributed by atoms with van der Waals surface area (Å²) in [5, 5.41) is 8.66. The summed E-state index contributed by atoms with van der Waals surface area (Å²) in [6, 6.07) is 0. The molecule has 1 N–H and O–H groups in total. The van der Waals surface area contributed by atoms with Gasteiger partial charge in [0.15, 0.2) is 0 Å². The first kappa shape index (κ1) is 4.77. The van der Waals surface area contributed by atoms with Gasteiger partial charge >= 0.3 is 0 Å². The number of rotatable bonds is 1. The lowest BCUT2D eigenvalue weighted by Crippen LogP contribution is -2.00.